The molecule has 0 aliphatic rings. The molecule has 0 aliphatic carbocycles. The third kappa shape index (κ3) is 7.58. The Balaban J connectivity index is 0. The van der Waals surface area contributed by atoms with Gasteiger partial charge < -0.3 is 40.9 Å². The van der Waals surface area contributed by atoms with E-state index in [4.69, 9.17) is 40.9 Å². The van der Waals surface area contributed by atoms with Crippen LogP contribution in [0.5, 0.6) is 0 Å². The summed E-state index contributed by atoms with van der Waals surface area (Å²) in [6, 6.07) is 0. The number of hydrogen-bond acceptors (Lipinski definition) is 8. The first-order valence-electron chi connectivity index (χ1n) is 4.98. The lowest BCUT2D eigenvalue weighted by Crippen LogP contribution is -2.37. The number of hydrogen-bond donors (Lipinski definition) is 8. The van der Waals surface area contributed by atoms with Gasteiger partial charge in [0.05, 0.1) is 45.1 Å². The maximum Gasteiger partial charge on any atom is 0.105 e. The van der Waals surface area contributed by atoms with E-state index >= 15 is 0 Å². The zero-order chi connectivity index (χ0) is 13.9. The highest BCUT2D eigenvalue weighted by atomic mass is 16.4. The molecular weight excluding hydrogens is 236 g/mol. The highest BCUT2D eigenvalue weighted by Gasteiger charge is 2.26. The van der Waals surface area contributed by atoms with Crippen LogP contribution in [-0.4, -0.2) is 92.7 Å². The van der Waals surface area contributed by atoms with E-state index in [0.717, 1.165) is 0 Å². The molecule has 0 heterocycles. The normalized spacial score (nSPS) is 14.8. The molecule has 0 fully saturated rings. The maximum absolute atomic E-state index is 8.50. The second-order valence-electron chi connectivity index (χ2n) is 3.63. The van der Waals surface area contributed by atoms with Gasteiger partial charge >= 0.3 is 0 Å². The Morgan fingerprint density at radius 1 is 0.588 bits per heavy atom. The van der Waals surface area contributed by atoms with Gasteiger partial charge in [0.2, 0.25) is 0 Å². The van der Waals surface area contributed by atoms with E-state index in [-0.39, 0.29) is 0 Å². The van der Waals surface area contributed by atoms with Gasteiger partial charge in [-0.2, -0.15) is 0 Å². The van der Waals surface area contributed by atoms with Gasteiger partial charge in [0.1, 0.15) is 12.2 Å². The highest BCUT2D eigenvalue weighted by molar-refractivity contribution is 4.74. The molecule has 0 aromatic rings. The van der Waals surface area contributed by atoms with Crippen LogP contribution in [0.15, 0.2) is 0 Å². The van der Waals surface area contributed by atoms with Crippen molar-refractivity contribution in [3.63, 3.8) is 0 Å². The van der Waals surface area contributed by atoms with Gasteiger partial charge in [-0.3, -0.25) is 0 Å². The second-order valence-corrected chi connectivity index (χ2v) is 3.63. The maximum atomic E-state index is 8.50. The Kier molecular flexibility index (Phi) is 12.1. The zero-order valence-electron chi connectivity index (χ0n) is 9.48. The summed E-state index contributed by atoms with van der Waals surface area (Å²) in [6.07, 6.45) is -2.44. The van der Waals surface area contributed by atoms with Gasteiger partial charge in [-0.15, -0.1) is 0 Å². The Labute approximate surface area is 99.0 Å². The fourth-order valence-electron chi connectivity index (χ4n) is 0.543. The quantitative estimate of drug-likeness (QED) is 0.227. The summed E-state index contributed by atoms with van der Waals surface area (Å²) in [4.78, 5) is 0. The van der Waals surface area contributed by atoms with Crippen LogP contribution < -0.4 is 0 Å². The van der Waals surface area contributed by atoms with E-state index in [1.54, 1.807) is 0 Å². The molecule has 0 bridgehead atoms. The summed E-state index contributed by atoms with van der Waals surface area (Å²) in [5.74, 6) is 0. The van der Waals surface area contributed by atoms with Crippen molar-refractivity contribution in [2.45, 2.75) is 12.2 Å². The molecule has 0 radical (unpaired) electrons. The van der Waals surface area contributed by atoms with Crippen LogP contribution in [-0.2, 0) is 0 Å². The molecule has 106 valence electrons. The van der Waals surface area contributed by atoms with Crippen molar-refractivity contribution in [1.29, 1.82) is 0 Å². The molecule has 0 saturated carbocycles. The third-order valence-electron chi connectivity index (χ3n) is 2.16. The fourth-order valence-corrected chi connectivity index (χ4v) is 0.543. The molecule has 17 heavy (non-hydrogen) atoms. The molecule has 0 amide bonds. The van der Waals surface area contributed by atoms with Gasteiger partial charge in [0.25, 0.3) is 0 Å². The minimum atomic E-state index is -1.22. The fraction of sp³-hybridized carbons (Fsp3) is 1.00. The highest BCUT2D eigenvalue weighted by Crippen LogP contribution is 2.11. The van der Waals surface area contributed by atoms with Crippen molar-refractivity contribution in [2.75, 3.05) is 39.6 Å². The van der Waals surface area contributed by atoms with Gasteiger partial charge in [-0.1, -0.05) is 0 Å². The van der Waals surface area contributed by atoms with Crippen LogP contribution in [0.3, 0.4) is 0 Å². The van der Waals surface area contributed by atoms with Crippen LogP contribution >= 0.6 is 0 Å². The van der Waals surface area contributed by atoms with Crippen LogP contribution in [0, 0.1) is 5.41 Å². The topological polar surface area (TPSA) is 162 Å². The van der Waals surface area contributed by atoms with Crippen LogP contribution in [0.2, 0.25) is 0 Å². The van der Waals surface area contributed by atoms with Crippen molar-refractivity contribution in [3.05, 3.63) is 0 Å². The SMILES string of the molecule is OCC(CO)(CO)CO.OCC(O)C(O)CO. The monoisotopic (exact) mass is 258 g/mol. The lowest BCUT2D eigenvalue weighted by molar-refractivity contribution is -0.0388. The third-order valence-corrected chi connectivity index (χ3v) is 2.16. The number of aliphatic hydroxyl groups excluding tert-OH is 8. The van der Waals surface area contributed by atoms with Crippen molar-refractivity contribution in [2.24, 2.45) is 5.41 Å². The molecule has 8 heteroatoms. The first-order chi connectivity index (χ1) is 7.96. The average molecular weight is 258 g/mol. The van der Waals surface area contributed by atoms with Gasteiger partial charge in [-0.05, 0) is 0 Å². The summed E-state index contributed by atoms with van der Waals surface area (Å²) in [5.41, 5.74) is -1.11. The van der Waals surface area contributed by atoms with Crippen molar-refractivity contribution >= 4 is 0 Å². The van der Waals surface area contributed by atoms with E-state index in [1.165, 1.54) is 0 Å². The Bertz CT molecular complexity index is 136. The smallest absolute Gasteiger partial charge is 0.105 e. The van der Waals surface area contributed by atoms with Crippen LogP contribution in [0.1, 0.15) is 0 Å². The Morgan fingerprint density at radius 3 is 0.882 bits per heavy atom. The minimum Gasteiger partial charge on any atom is -0.396 e. The van der Waals surface area contributed by atoms with Crippen molar-refractivity contribution < 1.29 is 40.9 Å². The molecule has 2 unspecified atom stereocenters. The summed E-state index contributed by atoms with van der Waals surface area (Å²) in [5, 5.41) is 67.1. The van der Waals surface area contributed by atoms with Crippen LogP contribution in [0.4, 0.5) is 0 Å². The second kappa shape index (κ2) is 10.8. The molecule has 2 atom stereocenters. The molecule has 8 nitrogen and oxygen atoms in total. The van der Waals surface area contributed by atoms with Crippen LogP contribution in [0.25, 0.3) is 0 Å². The lowest BCUT2D eigenvalue weighted by atomic mass is 9.93. The standard InChI is InChI=1S/C5H12O4.C4H10O4/c6-1-5(2-7,3-8)4-9;5-1-3(7)4(8)2-6/h6-9H,1-4H2;3-8H,1-2H2. The lowest BCUT2D eigenvalue weighted by Gasteiger charge is -2.23. The molecule has 8 N–H and O–H groups in total. The molecule has 0 spiro atoms. The minimum absolute atomic E-state index is 0.406. The summed E-state index contributed by atoms with van der Waals surface area (Å²) < 4.78 is 0. The number of aliphatic hydroxyl groups is 8. The molecular formula is C9H22O8. The average Bonchev–Trinajstić information content (AvgIpc) is 2.41. The van der Waals surface area contributed by atoms with Gasteiger partial charge in [0, 0.05) is 0 Å². The van der Waals surface area contributed by atoms with E-state index in [2.05, 4.69) is 0 Å². The number of rotatable bonds is 7. The molecule has 0 saturated heterocycles. The largest absolute Gasteiger partial charge is 0.396 e. The Morgan fingerprint density at radius 2 is 0.824 bits per heavy atom. The Hall–Kier alpha value is -0.320. The first kappa shape index (κ1) is 19.0. The summed E-state index contributed by atoms with van der Waals surface area (Å²) >= 11 is 0. The molecule has 0 aromatic carbocycles. The molecule has 0 rings (SSSR count). The predicted octanol–water partition coefficient (Wildman–Crippen LogP) is -4.37. The van der Waals surface area contributed by atoms with E-state index in [0.29, 0.717) is 0 Å². The molecule has 0 aliphatic heterocycles. The predicted molar refractivity (Wildman–Crippen MR) is 57.0 cm³/mol. The molecule has 0 aromatic heterocycles. The summed E-state index contributed by atoms with van der Waals surface area (Å²) in [7, 11) is 0. The van der Waals surface area contributed by atoms with Crippen molar-refractivity contribution in [1.82, 2.24) is 0 Å². The summed E-state index contributed by atoms with van der Waals surface area (Å²) in [6.45, 7) is -2.68. The zero-order valence-corrected chi connectivity index (χ0v) is 9.48. The van der Waals surface area contributed by atoms with Gasteiger partial charge in [0.15, 0.2) is 0 Å². The first-order valence-corrected chi connectivity index (χ1v) is 4.98. The van der Waals surface area contributed by atoms with E-state index in [9.17, 15) is 0 Å². The van der Waals surface area contributed by atoms with E-state index in [1.807, 2.05) is 0 Å². The van der Waals surface area contributed by atoms with Crippen molar-refractivity contribution in [3.8, 4) is 0 Å². The van der Waals surface area contributed by atoms with Gasteiger partial charge in [-0.25, -0.2) is 0 Å². The van der Waals surface area contributed by atoms with E-state index < -0.39 is 57.3 Å².